The quantitative estimate of drug-likeness (QED) is 0.575. The standard InChI is InChI=1S/C25H30N4O2/c1-15(2)24-23-19(18-10-5-6-11-20(18)27-23)12-13-29(24)21(30)14-26-25(31)28-22-16(3)8-7-9-17(22)4/h5-11,15,24,27H,12-14H2,1-4H3,(H2,26,28,31). The Morgan fingerprint density at radius 3 is 2.52 bits per heavy atom. The summed E-state index contributed by atoms with van der Waals surface area (Å²) in [6.07, 6.45) is 0.808. The van der Waals surface area contributed by atoms with Crippen LogP contribution in [0.3, 0.4) is 0 Å². The number of rotatable bonds is 4. The van der Waals surface area contributed by atoms with Gasteiger partial charge < -0.3 is 20.5 Å². The number of anilines is 1. The van der Waals surface area contributed by atoms with E-state index in [0.717, 1.165) is 34.4 Å². The van der Waals surface area contributed by atoms with Gasteiger partial charge in [-0.1, -0.05) is 50.2 Å². The SMILES string of the molecule is Cc1cccc(C)c1NC(=O)NCC(=O)N1CCc2c([nH]c3ccccc23)C1C(C)C. The number of fused-ring (bicyclic) bond motifs is 3. The van der Waals surface area contributed by atoms with Crippen molar-refractivity contribution in [2.75, 3.05) is 18.4 Å². The number of nitrogens with zero attached hydrogens (tertiary/aromatic N) is 1. The fourth-order valence-electron chi connectivity index (χ4n) is 4.67. The molecule has 0 saturated heterocycles. The van der Waals surface area contributed by atoms with Crippen LogP contribution in [-0.2, 0) is 11.2 Å². The number of carbonyl (C=O) groups is 2. The van der Waals surface area contributed by atoms with Gasteiger partial charge >= 0.3 is 6.03 Å². The van der Waals surface area contributed by atoms with Gasteiger partial charge in [-0.05, 0) is 48.9 Å². The van der Waals surface area contributed by atoms with Crippen molar-refractivity contribution in [1.82, 2.24) is 15.2 Å². The summed E-state index contributed by atoms with van der Waals surface area (Å²) in [5, 5.41) is 6.86. The van der Waals surface area contributed by atoms with Crippen LogP contribution in [0, 0.1) is 19.8 Å². The van der Waals surface area contributed by atoms with Crippen molar-refractivity contribution >= 4 is 28.5 Å². The number of hydrogen-bond donors (Lipinski definition) is 3. The second-order valence-electron chi connectivity index (χ2n) is 8.66. The topological polar surface area (TPSA) is 77.2 Å². The van der Waals surface area contributed by atoms with Gasteiger partial charge in [0.05, 0.1) is 12.6 Å². The molecule has 0 radical (unpaired) electrons. The first kappa shape index (κ1) is 21.0. The van der Waals surface area contributed by atoms with Crippen molar-refractivity contribution in [3.63, 3.8) is 0 Å². The maximum absolute atomic E-state index is 13.1. The lowest BCUT2D eigenvalue weighted by atomic mass is 9.90. The van der Waals surface area contributed by atoms with Crippen LogP contribution in [0.4, 0.5) is 10.5 Å². The van der Waals surface area contributed by atoms with Gasteiger partial charge in [0.15, 0.2) is 0 Å². The molecule has 3 aromatic rings. The fourth-order valence-corrected chi connectivity index (χ4v) is 4.67. The van der Waals surface area contributed by atoms with Crippen LogP contribution < -0.4 is 10.6 Å². The smallest absolute Gasteiger partial charge is 0.319 e. The van der Waals surface area contributed by atoms with Gasteiger partial charge in [0.1, 0.15) is 0 Å². The number of H-pyrrole nitrogens is 1. The average molecular weight is 419 g/mol. The molecule has 0 spiro atoms. The third-order valence-electron chi connectivity index (χ3n) is 6.15. The van der Waals surface area contributed by atoms with E-state index in [2.05, 4.69) is 47.7 Å². The largest absolute Gasteiger partial charge is 0.356 e. The second kappa shape index (κ2) is 8.46. The predicted molar refractivity (Wildman–Crippen MR) is 124 cm³/mol. The minimum atomic E-state index is -0.366. The molecule has 4 rings (SSSR count). The molecular formula is C25H30N4O2. The van der Waals surface area contributed by atoms with Gasteiger partial charge in [0.2, 0.25) is 5.91 Å². The zero-order chi connectivity index (χ0) is 22.1. The van der Waals surface area contributed by atoms with Crippen molar-refractivity contribution < 1.29 is 9.59 Å². The summed E-state index contributed by atoms with van der Waals surface area (Å²) >= 11 is 0. The summed E-state index contributed by atoms with van der Waals surface area (Å²) in [5.41, 5.74) is 6.30. The number of aromatic nitrogens is 1. The molecule has 1 atom stereocenters. The first-order valence-corrected chi connectivity index (χ1v) is 10.9. The maximum Gasteiger partial charge on any atom is 0.319 e. The van der Waals surface area contributed by atoms with Crippen LogP contribution >= 0.6 is 0 Å². The van der Waals surface area contributed by atoms with Crippen molar-refractivity contribution in [3.05, 3.63) is 64.8 Å². The summed E-state index contributed by atoms with van der Waals surface area (Å²) in [6, 6.07) is 13.8. The Morgan fingerprint density at radius 2 is 1.81 bits per heavy atom. The molecule has 162 valence electrons. The molecule has 2 heterocycles. The van der Waals surface area contributed by atoms with Gasteiger partial charge in [0, 0.05) is 28.8 Å². The molecule has 1 unspecified atom stereocenters. The van der Waals surface area contributed by atoms with E-state index in [9.17, 15) is 9.59 Å². The van der Waals surface area contributed by atoms with Gasteiger partial charge in [-0.2, -0.15) is 0 Å². The third-order valence-corrected chi connectivity index (χ3v) is 6.15. The lowest BCUT2D eigenvalue weighted by molar-refractivity contribution is -0.134. The first-order chi connectivity index (χ1) is 14.9. The molecule has 1 aliphatic heterocycles. The summed E-state index contributed by atoms with van der Waals surface area (Å²) in [4.78, 5) is 31.0. The van der Waals surface area contributed by atoms with E-state index in [0.29, 0.717) is 6.54 Å². The van der Waals surface area contributed by atoms with E-state index in [1.165, 1.54) is 10.9 Å². The Labute approximate surface area is 183 Å². The van der Waals surface area contributed by atoms with Crippen LogP contribution in [0.2, 0.25) is 0 Å². The molecule has 2 aromatic carbocycles. The van der Waals surface area contributed by atoms with Crippen LogP contribution in [0.1, 0.15) is 42.3 Å². The van der Waals surface area contributed by atoms with Gasteiger partial charge in [0.25, 0.3) is 0 Å². The van der Waals surface area contributed by atoms with Crippen LogP contribution in [0.25, 0.3) is 10.9 Å². The molecular weight excluding hydrogens is 388 g/mol. The van der Waals surface area contributed by atoms with E-state index < -0.39 is 0 Å². The van der Waals surface area contributed by atoms with Crippen LogP contribution in [-0.4, -0.2) is 34.9 Å². The number of para-hydroxylation sites is 2. The van der Waals surface area contributed by atoms with E-state index in [-0.39, 0.29) is 30.4 Å². The Bertz CT molecular complexity index is 1110. The zero-order valence-electron chi connectivity index (χ0n) is 18.6. The van der Waals surface area contributed by atoms with Crippen LogP contribution in [0.5, 0.6) is 0 Å². The highest BCUT2D eigenvalue weighted by atomic mass is 16.2. The number of carbonyl (C=O) groups excluding carboxylic acids is 2. The van der Waals surface area contributed by atoms with Crippen molar-refractivity contribution in [3.8, 4) is 0 Å². The molecule has 6 nitrogen and oxygen atoms in total. The predicted octanol–water partition coefficient (Wildman–Crippen LogP) is 4.69. The summed E-state index contributed by atoms with van der Waals surface area (Å²) < 4.78 is 0. The lowest BCUT2D eigenvalue weighted by Crippen LogP contribution is -2.47. The lowest BCUT2D eigenvalue weighted by Gasteiger charge is -2.38. The van der Waals surface area contributed by atoms with Gasteiger partial charge in [-0.15, -0.1) is 0 Å². The van der Waals surface area contributed by atoms with Gasteiger partial charge in [-0.3, -0.25) is 4.79 Å². The van der Waals surface area contributed by atoms with Crippen LogP contribution in [0.15, 0.2) is 42.5 Å². The molecule has 1 aromatic heterocycles. The molecule has 0 saturated carbocycles. The second-order valence-corrected chi connectivity index (χ2v) is 8.66. The summed E-state index contributed by atoms with van der Waals surface area (Å²) in [6.45, 7) is 8.78. The molecule has 0 bridgehead atoms. The Hall–Kier alpha value is -3.28. The molecule has 6 heteroatoms. The Kier molecular flexibility index (Phi) is 5.72. The molecule has 0 fully saturated rings. The Morgan fingerprint density at radius 1 is 1.10 bits per heavy atom. The number of amides is 3. The highest BCUT2D eigenvalue weighted by Crippen LogP contribution is 2.38. The van der Waals surface area contributed by atoms with Gasteiger partial charge in [-0.25, -0.2) is 4.79 Å². The van der Waals surface area contributed by atoms with E-state index >= 15 is 0 Å². The highest BCUT2D eigenvalue weighted by molar-refractivity contribution is 5.94. The number of urea groups is 1. The fraction of sp³-hybridized carbons (Fsp3) is 0.360. The van der Waals surface area contributed by atoms with Crippen molar-refractivity contribution in [2.24, 2.45) is 5.92 Å². The number of aromatic amines is 1. The summed E-state index contributed by atoms with van der Waals surface area (Å²) in [5.74, 6) is 0.180. The average Bonchev–Trinajstić information content (AvgIpc) is 3.12. The zero-order valence-corrected chi connectivity index (χ0v) is 18.6. The van der Waals surface area contributed by atoms with E-state index in [1.54, 1.807) is 0 Å². The van der Waals surface area contributed by atoms with Crippen molar-refractivity contribution in [2.45, 2.75) is 40.2 Å². The monoisotopic (exact) mass is 418 g/mol. The minimum Gasteiger partial charge on any atom is -0.356 e. The number of hydrogen-bond acceptors (Lipinski definition) is 2. The maximum atomic E-state index is 13.1. The molecule has 3 amide bonds. The third kappa shape index (κ3) is 4.02. The number of aryl methyl sites for hydroxylation is 2. The van der Waals surface area contributed by atoms with E-state index in [4.69, 9.17) is 0 Å². The normalized spacial score (nSPS) is 15.8. The molecule has 0 aliphatic carbocycles. The van der Waals surface area contributed by atoms with Crippen molar-refractivity contribution in [1.29, 1.82) is 0 Å². The molecule has 3 N–H and O–H groups in total. The number of nitrogens with one attached hydrogen (secondary N) is 3. The first-order valence-electron chi connectivity index (χ1n) is 10.9. The minimum absolute atomic E-state index is 0.0322. The molecule has 31 heavy (non-hydrogen) atoms. The molecule has 1 aliphatic rings. The highest BCUT2D eigenvalue weighted by Gasteiger charge is 2.35. The number of benzene rings is 2. The van der Waals surface area contributed by atoms with E-state index in [1.807, 2.05) is 43.0 Å². The Balaban J connectivity index is 1.47. The summed E-state index contributed by atoms with van der Waals surface area (Å²) in [7, 11) is 0.